The highest BCUT2D eigenvalue weighted by Crippen LogP contribution is 2.27. The normalized spacial score (nSPS) is 14.6. The van der Waals surface area contributed by atoms with Gasteiger partial charge in [-0.2, -0.15) is 0 Å². The molecule has 1 aromatic rings. The number of hydrogen-bond acceptors (Lipinski definition) is 3. The Balaban J connectivity index is 2.24. The van der Waals surface area contributed by atoms with E-state index in [1.165, 1.54) is 6.92 Å². The summed E-state index contributed by atoms with van der Waals surface area (Å²) in [6.07, 6.45) is 1.91. The average Bonchev–Trinajstić information content (AvgIpc) is 2.72. The van der Waals surface area contributed by atoms with Gasteiger partial charge in [0.05, 0.1) is 5.97 Å². The maximum atomic E-state index is 11.9. The summed E-state index contributed by atoms with van der Waals surface area (Å²) in [5.74, 6) is -1.62. The minimum absolute atomic E-state index is 0.0561. The van der Waals surface area contributed by atoms with Crippen LogP contribution in [0.15, 0.2) is 35.9 Å². The van der Waals surface area contributed by atoms with E-state index in [0.29, 0.717) is 6.54 Å². The van der Waals surface area contributed by atoms with Crippen LogP contribution < -0.4 is 10.0 Å². The predicted molar refractivity (Wildman–Crippen MR) is 61.3 cm³/mol. The van der Waals surface area contributed by atoms with Crippen molar-refractivity contribution in [3.05, 3.63) is 41.5 Å². The Morgan fingerprint density at radius 3 is 2.76 bits per heavy atom. The van der Waals surface area contributed by atoms with Crippen LogP contribution in [0.25, 0.3) is 0 Å². The van der Waals surface area contributed by atoms with Crippen molar-refractivity contribution in [1.29, 1.82) is 0 Å². The zero-order valence-electron chi connectivity index (χ0n) is 9.47. The summed E-state index contributed by atoms with van der Waals surface area (Å²) in [5.41, 5.74) is 1.92. The molecule has 0 fully saturated rings. The number of para-hydroxylation sites is 1. The molecule has 0 saturated heterocycles. The molecule has 0 bridgehead atoms. The van der Waals surface area contributed by atoms with Gasteiger partial charge in [0.25, 0.3) is 5.91 Å². The molecule has 1 aliphatic heterocycles. The number of benzene rings is 1. The summed E-state index contributed by atoms with van der Waals surface area (Å²) in [5, 5.41) is 10.5. The number of aliphatic carboxylic acids is 1. The number of carbonyl (C=O) groups excluding carboxylic acids is 2. The Morgan fingerprint density at radius 2 is 2.06 bits per heavy atom. The maximum Gasteiger partial charge on any atom is 0.251 e. The first kappa shape index (κ1) is 11.4. The minimum atomic E-state index is -1.31. The van der Waals surface area contributed by atoms with Crippen molar-refractivity contribution in [2.75, 3.05) is 11.4 Å². The van der Waals surface area contributed by atoms with Gasteiger partial charge in [0.1, 0.15) is 0 Å². The zero-order valence-corrected chi connectivity index (χ0v) is 9.47. The van der Waals surface area contributed by atoms with Crippen molar-refractivity contribution in [2.24, 2.45) is 0 Å². The fraction of sp³-hybridized carbons (Fsp3) is 0.231. The van der Waals surface area contributed by atoms with Crippen LogP contribution in [0.3, 0.4) is 0 Å². The second-order valence-corrected chi connectivity index (χ2v) is 3.98. The number of fused-ring (bicyclic) bond motifs is 1. The summed E-state index contributed by atoms with van der Waals surface area (Å²) in [7, 11) is 0. The van der Waals surface area contributed by atoms with E-state index in [2.05, 4.69) is 0 Å². The van der Waals surface area contributed by atoms with Gasteiger partial charge < -0.3 is 14.8 Å². The molecule has 0 N–H and O–H groups in total. The quantitative estimate of drug-likeness (QED) is 0.685. The lowest BCUT2D eigenvalue weighted by atomic mass is 10.2. The van der Waals surface area contributed by atoms with E-state index < -0.39 is 5.97 Å². The van der Waals surface area contributed by atoms with Gasteiger partial charge in [0.2, 0.25) is 0 Å². The van der Waals surface area contributed by atoms with Crippen LogP contribution in [0.2, 0.25) is 0 Å². The summed E-state index contributed by atoms with van der Waals surface area (Å²) in [6, 6.07) is 7.62. The zero-order chi connectivity index (χ0) is 12.4. The molecule has 1 aliphatic rings. The van der Waals surface area contributed by atoms with Crippen molar-refractivity contribution in [2.45, 2.75) is 13.3 Å². The number of carboxylic acid groups (broad SMARTS) is 1. The van der Waals surface area contributed by atoms with Crippen LogP contribution in [0.4, 0.5) is 5.69 Å². The summed E-state index contributed by atoms with van der Waals surface area (Å²) >= 11 is 0. The van der Waals surface area contributed by atoms with E-state index in [9.17, 15) is 14.7 Å². The fourth-order valence-electron chi connectivity index (χ4n) is 1.89. The van der Waals surface area contributed by atoms with E-state index in [1.54, 1.807) is 4.90 Å². The SMILES string of the molecule is CC(=CC(=O)N1CCc2ccccc21)C(=O)[O-]. The van der Waals surface area contributed by atoms with Crippen LogP contribution in [-0.4, -0.2) is 18.4 Å². The van der Waals surface area contributed by atoms with Crippen LogP contribution >= 0.6 is 0 Å². The number of rotatable bonds is 2. The number of nitrogens with zero attached hydrogens (tertiary/aromatic N) is 1. The highest BCUT2D eigenvalue weighted by Gasteiger charge is 2.22. The number of carbonyl (C=O) groups is 2. The van der Waals surface area contributed by atoms with Gasteiger partial charge in [0.15, 0.2) is 0 Å². The van der Waals surface area contributed by atoms with E-state index in [0.717, 1.165) is 23.7 Å². The van der Waals surface area contributed by atoms with Gasteiger partial charge in [-0.3, -0.25) is 4.79 Å². The smallest absolute Gasteiger partial charge is 0.251 e. The molecule has 0 aromatic heterocycles. The third kappa shape index (κ3) is 2.20. The van der Waals surface area contributed by atoms with Gasteiger partial charge in [-0.15, -0.1) is 0 Å². The van der Waals surface area contributed by atoms with Crippen LogP contribution in [0.1, 0.15) is 12.5 Å². The third-order valence-corrected chi connectivity index (χ3v) is 2.82. The largest absolute Gasteiger partial charge is 0.545 e. The number of hydrogen-bond donors (Lipinski definition) is 0. The lowest BCUT2D eigenvalue weighted by Crippen LogP contribution is -2.29. The Hall–Kier alpha value is -2.10. The molecular formula is C13H12NO3-. The second-order valence-electron chi connectivity index (χ2n) is 3.98. The Morgan fingerprint density at radius 1 is 1.35 bits per heavy atom. The van der Waals surface area contributed by atoms with E-state index in [4.69, 9.17) is 0 Å². The topological polar surface area (TPSA) is 60.4 Å². The standard InChI is InChI=1S/C13H13NO3/c1-9(13(16)17)8-12(15)14-7-6-10-4-2-3-5-11(10)14/h2-5,8H,6-7H2,1H3,(H,16,17)/p-1. The molecule has 4 heteroatoms. The Kier molecular flexibility index (Phi) is 2.95. The molecular weight excluding hydrogens is 218 g/mol. The monoisotopic (exact) mass is 230 g/mol. The van der Waals surface area contributed by atoms with Crippen molar-refractivity contribution in [3.8, 4) is 0 Å². The molecule has 0 unspecified atom stereocenters. The first-order chi connectivity index (χ1) is 8.09. The summed E-state index contributed by atoms with van der Waals surface area (Å²) in [4.78, 5) is 24.0. The van der Waals surface area contributed by atoms with E-state index in [1.807, 2.05) is 24.3 Å². The summed E-state index contributed by atoms with van der Waals surface area (Å²) < 4.78 is 0. The molecule has 1 aromatic carbocycles. The van der Waals surface area contributed by atoms with Crippen molar-refractivity contribution < 1.29 is 14.7 Å². The molecule has 0 saturated carbocycles. The lowest BCUT2D eigenvalue weighted by Gasteiger charge is -2.15. The highest BCUT2D eigenvalue weighted by molar-refractivity contribution is 6.06. The first-order valence-corrected chi connectivity index (χ1v) is 5.38. The van der Waals surface area contributed by atoms with Gasteiger partial charge in [-0.25, -0.2) is 0 Å². The van der Waals surface area contributed by atoms with Crippen LogP contribution in [0, 0.1) is 0 Å². The second kappa shape index (κ2) is 4.41. The van der Waals surface area contributed by atoms with Crippen molar-refractivity contribution in [3.63, 3.8) is 0 Å². The molecule has 4 nitrogen and oxygen atoms in total. The molecule has 88 valence electrons. The summed E-state index contributed by atoms with van der Waals surface area (Å²) in [6.45, 7) is 1.95. The van der Waals surface area contributed by atoms with Crippen LogP contribution in [-0.2, 0) is 16.0 Å². The number of anilines is 1. The van der Waals surface area contributed by atoms with Gasteiger partial charge in [-0.05, 0) is 30.5 Å². The molecule has 1 heterocycles. The highest BCUT2D eigenvalue weighted by atomic mass is 16.4. The fourth-order valence-corrected chi connectivity index (χ4v) is 1.89. The minimum Gasteiger partial charge on any atom is -0.545 e. The van der Waals surface area contributed by atoms with Gasteiger partial charge >= 0.3 is 0 Å². The lowest BCUT2D eigenvalue weighted by molar-refractivity contribution is -0.299. The third-order valence-electron chi connectivity index (χ3n) is 2.82. The first-order valence-electron chi connectivity index (χ1n) is 5.38. The van der Waals surface area contributed by atoms with E-state index >= 15 is 0 Å². The Labute approximate surface area is 99.2 Å². The Bertz CT molecular complexity index is 505. The maximum absolute atomic E-state index is 11.9. The molecule has 0 spiro atoms. The number of amides is 1. The number of carboxylic acids is 1. The molecule has 0 aliphatic carbocycles. The average molecular weight is 230 g/mol. The van der Waals surface area contributed by atoms with Gasteiger partial charge in [0, 0.05) is 18.3 Å². The van der Waals surface area contributed by atoms with E-state index in [-0.39, 0.29) is 11.5 Å². The van der Waals surface area contributed by atoms with Crippen LogP contribution in [0.5, 0.6) is 0 Å². The van der Waals surface area contributed by atoms with Crippen molar-refractivity contribution in [1.82, 2.24) is 0 Å². The predicted octanol–water partition coefficient (Wildman–Crippen LogP) is 0.272. The van der Waals surface area contributed by atoms with Gasteiger partial charge in [-0.1, -0.05) is 18.2 Å². The van der Waals surface area contributed by atoms with Crippen molar-refractivity contribution >= 4 is 17.6 Å². The molecule has 0 radical (unpaired) electrons. The molecule has 2 rings (SSSR count). The molecule has 0 atom stereocenters. The molecule has 1 amide bonds. The molecule has 17 heavy (non-hydrogen) atoms.